The zero-order valence-electron chi connectivity index (χ0n) is 13.1. The van der Waals surface area contributed by atoms with E-state index in [1.807, 2.05) is 0 Å². The quantitative estimate of drug-likeness (QED) is 0.559. The summed E-state index contributed by atoms with van der Waals surface area (Å²) in [6.07, 6.45) is 13.2. The van der Waals surface area contributed by atoms with E-state index in [-0.39, 0.29) is 13.2 Å². The van der Waals surface area contributed by atoms with Gasteiger partial charge in [0.05, 0.1) is 0 Å². The molecule has 0 aromatic heterocycles. The van der Waals surface area contributed by atoms with E-state index in [1.165, 1.54) is 12.2 Å². The first-order valence-electron chi connectivity index (χ1n) is 7.01. The number of allylic oxidation sites excluding steroid dienone is 2. The molecule has 1 aliphatic carbocycles. The van der Waals surface area contributed by atoms with Crippen LogP contribution in [0.25, 0.3) is 0 Å². The Hall–Kier alpha value is -2.36. The monoisotopic (exact) mass is 302 g/mol. The highest BCUT2D eigenvalue weighted by molar-refractivity contribution is 5.84. The van der Waals surface area contributed by atoms with E-state index in [9.17, 15) is 9.59 Å². The Balaban J connectivity index is 3.03. The Bertz CT molecular complexity index is 493. The molecule has 0 aromatic rings. The highest BCUT2D eigenvalue weighted by atomic mass is 16.5. The van der Waals surface area contributed by atoms with E-state index in [1.54, 1.807) is 50.3 Å². The number of carbonyl (C=O) groups excluding carboxylic acids is 2. The van der Waals surface area contributed by atoms with Crippen LogP contribution in [0.15, 0.2) is 61.8 Å². The van der Waals surface area contributed by atoms with Gasteiger partial charge in [-0.3, -0.25) is 9.59 Å². The standard InChI is InChI=1S/C18H22O4/c1-5-13-21-15(19)17(3)9-7-8-10-18(4,12-11-17)16(20)22-14-6-2/h5-12H,1-2,13-14H2,3-4H3/b9-7-,10-8-,12-11-. The number of carbonyl (C=O) groups is 2. The number of hydrogen-bond donors (Lipinski definition) is 0. The summed E-state index contributed by atoms with van der Waals surface area (Å²) < 4.78 is 10.2. The first-order valence-corrected chi connectivity index (χ1v) is 7.01. The van der Waals surface area contributed by atoms with Crippen molar-refractivity contribution in [2.45, 2.75) is 13.8 Å². The van der Waals surface area contributed by atoms with Crippen LogP contribution in [0.2, 0.25) is 0 Å². The Morgan fingerprint density at radius 3 is 1.55 bits per heavy atom. The van der Waals surface area contributed by atoms with Crippen molar-refractivity contribution in [2.24, 2.45) is 10.8 Å². The van der Waals surface area contributed by atoms with Gasteiger partial charge in [0.2, 0.25) is 0 Å². The maximum atomic E-state index is 12.2. The van der Waals surface area contributed by atoms with Gasteiger partial charge in [0.25, 0.3) is 0 Å². The average molecular weight is 302 g/mol. The zero-order chi connectivity index (χ0) is 16.6. The third-order valence-corrected chi connectivity index (χ3v) is 3.32. The molecule has 118 valence electrons. The molecule has 0 radical (unpaired) electrons. The molecule has 0 amide bonds. The van der Waals surface area contributed by atoms with Gasteiger partial charge in [-0.05, 0) is 13.8 Å². The first kappa shape index (κ1) is 17.7. The fourth-order valence-electron chi connectivity index (χ4n) is 1.82. The molecule has 0 fully saturated rings. The lowest BCUT2D eigenvalue weighted by molar-refractivity contribution is -0.150. The van der Waals surface area contributed by atoms with Crippen molar-refractivity contribution in [3.8, 4) is 0 Å². The van der Waals surface area contributed by atoms with Crippen LogP contribution in [0, 0.1) is 10.8 Å². The van der Waals surface area contributed by atoms with Crippen molar-refractivity contribution >= 4 is 11.9 Å². The molecule has 0 N–H and O–H groups in total. The summed E-state index contributed by atoms with van der Waals surface area (Å²) in [5, 5.41) is 0. The molecule has 4 nitrogen and oxygen atoms in total. The molecule has 22 heavy (non-hydrogen) atoms. The van der Waals surface area contributed by atoms with E-state index < -0.39 is 22.8 Å². The van der Waals surface area contributed by atoms with E-state index in [4.69, 9.17) is 9.47 Å². The lowest BCUT2D eigenvalue weighted by atomic mass is 9.81. The SMILES string of the molecule is C=CCOC(=O)C1(C)/C=C\C=C/C(C)(C(=O)OCC=C)/C=C\1. The molecule has 2 atom stereocenters. The number of rotatable bonds is 6. The minimum absolute atomic E-state index is 0.143. The highest BCUT2D eigenvalue weighted by Gasteiger charge is 2.34. The van der Waals surface area contributed by atoms with Crippen LogP contribution in [0.1, 0.15) is 13.8 Å². The normalized spacial score (nSPS) is 31.0. The Kier molecular flexibility index (Phi) is 6.11. The van der Waals surface area contributed by atoms with Gasteiger partial charge < -0.3 is 9.47 Å². The molecule has 0 bridgehead atoms. The fourth-order valence-corrected chi connectivity index (χ4v) is 1.82. The van der Waals surface area contributed by atoms with Crippen LogP contribution in [-0.2, 0) is 19.1 Å². The number of ether oxygens (including phenoxy) is 2. The van der Waals surface area contributed by atoms with Gasteiger partial charge in [-0.15, -0.1) is 0 Å². The summed E-state index contributed by atoms with van der Waals surface area (Å²) in [4.78, 5) is 24.3. The van der Waals surface area contributed by atoms with E-state index in [0.29, 0.717) is 0 Å². The molecule has 0 saturated heterocycles. The van der Waals surface area contributed by atoms with Crippen LogP contribution < -0.4 is 0 Å². The number of esters is 2. The predicted molar refractivity (Wildman–Crippen MR) is 85.9 cm³/mol. The molecule has 0 aliphatic heterocycles. The van der Waals surface area contributed by atoms with Crippen molar-refractivity contribution in [3.63, 3.8) is 0 Å². The third kappa shape index (κ3) is 4.32. The van der Waals surface area contributed by atoms with Gasteiger partial charge in [-0.2, -0.15) is 0 Å². The summed E-state index contributed by atoms with van der Waals surface area (Å²) in [7, 11) is 0. The van der Waals surface area contributed by atoms with Gasteiger partial charge in [0.15, 0.2) is 0 Å². The molecule has 0 saturated carbocycles. The zero-order valence-corrected chi connectivity index (χ0v) is 13.1. The van der Waals surface area contributed by atoms with Crippen molar-refractivity contribution in [3.05, 3.63) is 61.8 Å². The average Bonchev–Trinajstić information content (AvgIpc) is 2.50. The minimum atomic E-state index is -0.951. The summed E-state index contributed by atoms with van der Waals surface area (Å²) in [6.45, 7) is 10.8. The second kappa shape index (κ2) is 7.59. The maximum Gasteiger partial charge on any atom is 0.319 e. The summed E-state index contributed by atoms with van der Waals surface area (Å²) in [6, 6.07) is 0. The largest absolute Gasteiger partial charge is 0.461 e. The smallest absolute Gasteiger partial charge is 0.319 e. The second-order valence-electron chi connectivity index (χ2n) is 5.39. The lowest BCUT2D eigenvalue weighted by Gasteiger charge is -2.25. The highest BCUT2D eigenvalue weighted by Crippen LogP contribution is 2.31. The summed E-state index contributed by atoms with van der Waals surface area (Å²) >= 11 is 0. The molecule has 0 aromatic carbocycles. The van der Waals surface area contributed by atoms with Crippen molar-refractivity contribution < 1.29 is 19.1 Å². The number of hydrogen-bond acceptors (Lipinski definition) is 4. The molecule has 4 heteroatoms. The van der Waals surface area contributed by atoms with Gasteiger partial charge >= 0.3 is 11.9 Å². The Morgan fingerprint density at radius 1 is 0.864 bits per heavy atom. The van der Waals surface area contributed by atoms with Crippen molar-refractivity contribution in [1.82, 2.24) is 0 Å². The molecule has 2 unspecified atom stereocenters. The Labute approximate surface area is 131 Å². The molecule has 1 aliphatic rings. The van der Waals surface area contributed by atoms with Crippen LogP contribution in [0.4, 0.5) is 0 Å². The lowest BCUT2D eigenvalue weighted by Crippen LogP contribution is -2.30. The van der Waals surface area contributed by atoms with Gasteiger partial charge in [-0.1, -0.05) is 61.8 Å². The predicted octanol–water partition coefficient (Wildman–Crippen LogP) is 3.14. The fraction of sp³-hybridized carbons (Fsp3) is 0.333. The molecule has 0 spiro atoms. The molecular formula is C18H22O4. The summed E-state index contributed by atoms with van der Waals surface area (Å²) in [5.74, 6) is -0.811. The maximum absolute atomic E-state index is 12.2. The summed E-state index contributed by atoms with van der Waals surface area (Å²) in [5.41, 5.74) is -1.90. The van der Waals surface area contributed by atoms with Gasteiger partial charge in [0, 0.05) is 0 Å². The molecule has 0 heterocycles. The second-order valence-corrected chi connectivity index (χ2v) is 5.39. The van der Waals surface area contributed by atoms with Crippen molar-refractivity contribution in [2.75, 3.05) is 13.2 Å². The van der Waals surface area contributed by atoms with Crippen LogP contribution in [0.5, 0.6) is 0 Å². The topological polar surface area (TPSA) is 52.6 Å². The third-order valence-electron chi connectivity index (χ3n) is 3.32. The van der Waals surface area contributed by atoms with E-state index >= 15 is 0 Å². The van der Waals surface area contributed by atoms with Crippen LogP contribution >= 0.6 is 0 Å². The minimum Gasteiger partial charge on any atom is -0.461 e. The van der Waals surface area contributed by atoms with Gasteiger partial charge in [0.1, 0.15) is 24.0 Å². The van der Waals surface area contributed by atoms with Crippen molar-refractivity contribution in [1.29, 1.82) is 0 Å². The van der Waals surface area contributed by atoms with Gasteiger partial charge in [-0.25, -0.2) is 0 Å². The molecule has 1 rings (SSSR count). The first-order chi connectivity index (χ1) is 10.4. The Morgan fingerprint density at radius 2 is 1.23 bits per heavy atom. The van der Waals surface area contributed by atoms with E-state index in [0.717, 1.165) is 0 Å². The van der Waals surface area contributed by atoms with Crippen LogP contribution in [-0.4, -0.2) is 25.2 Å². The van der Waals surface area contributed by atoms with E-state index in [2.05, 4.69) is 13.2 Å². The molecular weight excluding hydrogens is 280 g/mol. The van der Waals surface area contributed by atoms with Crippen LogP contribution in [0.3, 0.4) is 0 Å².